The van der Waals surface area contributed by atoms with Crippen molar-refractivity contribution < 1.29 is 28.2 Å². The lowest BCUT2D eigenvalue weighted by atomic mass is 10.00. The van der Waals surface area contributed by atoms with Crippen molar-refractivity contribution in [2.45, 2.75) is 25.1 Å². The highest BCUT2D eigenvalue weighted by Gasteiger charge is 2.35. The van der Waals surface area contributed by atoms with Crippen molar-refractivity contribution in [1.29, 1.82) is 0 Å². The molecule has 0 unspecified atom stereocenters. The van der Waals surface area contributed by atoms with E-state index in [-0.39, 0.29) is 37.3 Å². The molecule has 2 N–H and O–H groups in total. The van der Waals surface area contributed by atoms with Gasteiger partial charge in [-0.1, -0.05) is 12.1 Å². The average Bonchev–Trinajstić information content (AvgIpc) is 3.03. The number of hydrogen-bond donors (Lipinski definition) is 2. The number of nitrogens with one attached hydrogen (secondary N) is 2. The standard InChI is InChI=1S/C31H27FN6O5/c32-24-8-19-9-26(12-24)43-28-5-7-38(31(41)21-4-6-35-36-16-21)17-27(28)37-30(40)23-10-22(14-33-15-23)20-2-1-3-25(11-20)42-18-29(39)34-13-19/h1-4,6,8-12,14-16,27-28H,5,7,13,17-18H2,(H,34,39)(H,37,40)/t27-,28+/m1/s1. The van der Waals surface area contributed by atoms with Crippen molar-refractivity contribution in [2.24, 2.45) is 0 Å². The van der Waals surface area contributed by atoms with E-state index in [1.54, 1.807) is 47.5 Å². The first-order chi connectivity index (χ1) is 20.9. The Morgan fingerprint density at radius 2 is 1.84 bits per heavy atom. The number of pyridine rings is 1. The zero-order valence-corrected chi connectivity index (χ0v) is 22.9. The van der Waals surface area contributed by atoms with Crippen LogP contribution >= 0.6 is 0 Å². The fourth-order valence-corrected chi connectivity index (χ4v) is 5.10. The van der Waals surface area contributed by atoms with Crippen LogP contribution in [0.4, 0.5) is 4.39 Å². The van der Waals surface area contributed by atoms with E-state index in [1.165, 1.54) is 30.7 Å². The van der Waals surface area contributed by atoms with E-state index in [0.29, 0.717) is 41.0 Å². The highest BCUT2D eigenvalue weighted by molar-refractivity contribution is 5.96. The summed E-state index contributed by atoms with van der Waals surface area (Å²) in [5.74, 6) is -0.890. The molecule has 2 aromatic heterocycles. The van der Waals surface area contributed by atoms with Crippen LogP contribution in [0.5, 0.6) is 11.5 Å². The Balaban J connectivity index is 1.34. The molecule has 218 valence electrons. The minimum atomic E-state index is -0.645. The summed E-state index contributed by atoms with van der Waals surface area (Å²) in [5.41, 5.74) is 2.58. The maximum atomic E-state index is 14.6. The lowest BCUT2D eigenvalue weighted by Crippen LogP contribution is -2.58. The lowest BCUT2D eigenvalue weighted by Gasteiger charge is -2.39. The van der Waals surface area contributed by atoms with Gasteiger partial charge in [-0.3, -0.25) is 19.4 Å². The average molecular weight is 583 g/mol. The predicted molar refractivity (Wildman–Crippen MR) is 152 cm³/mol. The summed E-state index contributed by atoms with van der Waals surface area (Å²) in [7, 11) is 0. The zero-order chi connectivity index (χ0) is 29.8. The number of amides is 3. The van der Waals surface area contributed by atoms with Gasteiger partial charge in [-0.05, 0) is 47.5 Å². The summed E-state index contributed by atoms with van der Waals surface area (Å²) >= 11 is 0. The molecule has 0 saturated carbocycles. The van der Waals surface area contributed by atoms with Crippen LogP contribution in [-0.4, -0.2) is 69.6 Å². The Bertz CT molecular complexity index is 1670. The third-order valence-electron chi connectivity index (χ3n) is 7.23. The van der Waals surface area contributed by atoms with Gasteiger partial charge < -0.3 is 25.0 Å². The van der Waals surface area contributed by atoms with Crippen LogP contribution in [-0.2, 0) is 11.3 Å². The second-order valence-electron chi connectivity index (χ2n) is 10.3. The molecule has 4 aromatic rings. The molecule has 1 saturated heterocycles. The maximum Gasteiger partial charge on any atom is 0.258 e. The van der Waals surface area contributed by atoms with Crippen LogP contribution in [0.3, 0.4) is 0 Å². The first-order valence-electron chi connectivity index (χ1n) is 13.7. The number of fused-ring (bicyclic) bond motifs is 8. The van der Waals surface area contributed by atoms with E-state index in [1.807, 2.05) is 6.07 Å². The van der Waals surface area contributed by atoms with Crippen LogP contribution in [0.15, 0.2) is 79.4 Å². The number of carbonyl (C=O) groups is 3. The molecular formula is C31H27FN6O5. The molecule has 6 rings (SSSR count). The van der Waals surface area contributed by atoms with Gasteiger partial charge in [0, 0.05) is 50.1 Å². The summed E-state index contributed by atoms with van der Waals surface area (Å²) in [4.78, 5) is 45.1. The number of likely N-dealkylation sites (tertiary alicyclic amines) is 1. The number of benzene rings is 2. The second kappa shape index (κ2) is 12.2. The van der Waals surface area contributed by atoms with Crippen molar-refractivity contribution >= 4 is 17.7 Å². The number of ether oxygens (including phenoxy) is 2. The van der Waals surface area contributed by atoms with Gasteiger partial charge in [0.2, 0.25) is 0 Å². The Kier molecular flexibility index (Phi) is 7.90. The van der Waals surface area contributed by atoms with Gasteiger partial charge in [0.25, 0.3) is 17.7 Å². The second-order valence-corrected chi connectivity index (χ2v) is 10.3. The molecule has 0 spiro atoms. The van der Waals surface area contributed by atoms with Crippen LogP contribution in [0.25, 0.3) is 11.1 Å². The monoisotopic (exact) mass is 582 g/mol. The summed E-state index contributed by atoms with van der Waals surface area (Å²) in [6, 6.07) is 13.9. The molecule has 11 nitrogen and oxygen atoms in total. The fraction of sp³-hybridized carbons (Fsp3) is 0.226. The summed E-state index contributed by atoms with van der Waals surface area (Å²) in [5, 5.41) is 13.3. The molecule has 4 heterocycles. The largest absolute Gasteiger partial charge is 0.488 e. The van der Waals surface area contributed by atoms with Crippen molar-refractivity contribution in [3.63, 3.8) is 0 Å². The SMILES string of the molecule is O=C1COc2cccc(c2)-c2cncc(c2)C(=O)N[C@@H]2CN(C(=O)c3ccnnc3)CC[C@@H]2Oc2cc(F)cc(c2)CN1. The van der Waals surface area contributed by atoms with E-state index >= 15 is 0 Å². The number of aromatic nitrogens is 3. The number of hydrogen-bond acceptors (Lipinski definition) is 8. The molecule has 0 aliphatic carbocycles. The smallest absolute Gasteiger partial charge is 0.258 e. The molecular weight excluding hydrogens is 555 g/mol. The summed E-state index contributed by atoms with van der Waals surface area (Å²) < 4.78 is 26.5. The molecule has 0 radical (unpaired) electrons. The molecule has 1 fully saturated rings. The number of rotatable bonds is 1. The summed E-state index contributed by atoms with van der Waals surface area (Å²) in [6.45, 7) is 0.296. The van der Waals surface area contributed by atoms with Crippen LogP contribution in [0.1, 0.15) is 32.7 Å². The third kappa shape index (κ3) is 6.58. The molecule has 12 heteroatoms. The van der Waals surface area contributed by atoms with Gasteiger partial charge in [-0.25, -0.2) is 4.39 Å². The van der Waals surface area contributed by atoms with Gasteiger partial charge in [-0.15, -0.1) is 0 Å². The minimum absolute atomic E-state index is 0.0565. The first kappa shape index (κ1) is 27.8. The number of halogens is 1. The van der Waals surface area contributed by atoms with Crippen molar-refractivity contribution in [1.82, 2.24) is 30.7 Å². The van der Waals surface area contributed by atoms with Crippen LogP contribution in [0, 0.1) is 5.82 Å². The third-order valence-corrected chi connectivity index (χ3v) is 7.23. The first-order valence-corrected chi connectivity index (χ1v) is 13.7. The van der Waals surface area contributed by atoms with E-state index in [0.717, 1.165) is 5.56 Å². The Labute approximate surface area is 246 Å². The highest BCUT2D eigenvalue weighted by atomic mass is 19.1. The van der Waals surface area contributed by atoms with Gasteiger partial charge >= 0.3 is 0 Å². The van der Waals surface area contributed by atoms with Gasteiger partial charge in [0.05, 0.1) is 29.6 Å². The molecule has 2 aromatic carbocycles. The van der Waals surface area contributed by atoms with Crippen molar-refractivity contribution in [3.8, 4) is 22.6 Å². The number of nitrogens with zero attached hydrogens (tertiary/aromatic N) is 4. The molecule has 2 aliphatic rings. The molecule has 2 aliphatic heterocycles. The quantitative estimate of drug-likeness (QED) is 0.350. The topological polar surface area (TPSA) is 136 Å². The Morgan fingerprint density at radius 3 is 2.70 bits per heavy atom. The van der Waals surface area contributed by atoms with Crippen LogP contribution in [0.2, 0.25) is 0 Å². The van der Waals surface area contributed by atoms with Crippen molar-refractivity contribution in [2.75, 3.05) is 19.7 Å². The normalized spacial score (nSPS) is 18.8. The summed E-state index contributed by atoms with van der Waals surface area (Å²) in [6.07, 6.45) is 5.68. The maximum absolute atomic E-state index is 14.6. The van der Waals surface area contributed by atoms with Crippen LogP contribution < -0.4 is 20.1 Å². The van der Waals surface area contributed by atoms with E-state index < -0.39 is 23.9 Å². The van der Waals surface area contributed by atoms with Crippen molar-refractivity contribution in [3.05, 3.63) is 102 Å². The Morgan fingerprint density at radius 1 is 0.953 bits per heavy atom. The molecule has 2 atom stereocenters. The highest BCUT2D eigenvalue weighted by Crippen LogP contribution is 2.26. The van der Waals surface area contributed by atoms with Gasteiger partial charge in [0.1, 0.15) is 23.4 Å². The number of carbonyl (C=O) groups excluding carboxylic acids is 3. The van der Waals surface area contributed by atoms with Gasteiger partial charge in [-0.2, -0.15) is 10.2 Å². The zero-order valence-electron chi connectivity index (χ0n) is 22.9. The van der Waals surface area contributed by atoms with E-state index in [2.05, 4.69) is 25.8 Å². The fourth-order valence-electron chi connectivity index (χ4n) is 5.10. The molecule has 3 amide bonds. The van der Waals surface area contributed by atoms with Gasteiger partial charge in [0.15, 0.2) is 6.61 Å². The lowest BCUT2D eigenvalue weighted by molar-refractivity contribution is -0.123. The minimum Gasteiger partial charge on any atom is -0.488 e. The number of piperidine rings is 1. The molecule has 6 bridgehead atoms. The van der Waals surface area contributed by atoms with E-state index in [9.17, 15) is 18.8 Å². The Hall–Kier alpha value is -5.39. The molecule has 43 heavy (non-hydrogen) atoms. The predicted octanol–water partition coefficient (Wildman–Crippen LogP) is 2.78. The van der Waals surface area contributed by atoms with E-state index in [4.69, 9.17) is 9.47 Å².